The molecule has 0 unspecified atom stereocenters. The molecule has 5 heteroatoms. The lowest BCUT2D eigenvalue weighted by molar-refractivity contribution is 0.0952. The van der Waals surface area contributed by atoms with Gasteiger partial charge in [-0.15, -0.1) is 0 Å². The number of nitrogens with zero attached hydrogens (tertiary/aromatic N) is 2. The molecule has 0 atom stereocenters. The molecule has 1 amide bonds. The average Bonchev–Trinajstić information content (AvgIpc) is 2.41. The Morgan fingerprint density at radius 3 is 2.60 bits per heavy atom. The molecule has 1 heterocycles. The smallest absolute Gasteiger partial charge is 0.254 e. The van der Waals surface area contributed by atoms with Crippen LogP contribution in [0.2, 0.25) is 0 Å². The Labute approximate surface area is 117 Å². The van der Waals surface area contributed by atoms with Crippen LogP contribution in [0.3, 0.4) is 0 Å². The molecule has 1 aromatic carbocycles. The highest BCUT2D eigenvalue weighted by Crippen LogP contribution is 2.05. The molecule has 0 radical (unpaired) electrons. The highest BCUT2D eigenvalue weighted by molar-refractivity contribution is 5.94. The Kier molecular flexibility index (Phi) is 4.40. The van der Waals surface area contributed by atoms with E-state index in [9.17, 15) is 9.18 Å². The average molecular weight is 273 g/mol. The fraction of sp³-hybridized carbons (Fsp3) is 0.267. The van der Waals surface area contributed by atoms with Crippen LogP contribution in [-0.4, -0.2) is 22.4 Å². The summed E-state index contributed by atoms with van der Waals surface area (Å²) in [4.78, 5) is 20.2. The highest BCUT2D eigenvalue weighted by Gasteiger charge is 2.10. The van der Waals surface area contributed by atoms with Crippen molar-refractivity contribution in [1.29, 1.82) is 0 Å². The van der Waals surface area contributed by atoms with E-state index in [1.54, 1.807) is 26.0 Å². The molecule has 0 bridgehead atoms. The number of nitrogens with one attached hydrogen (secondary N) is 1. The predicted octanol–water partition coefficient (Wildman–Crippen LogP) is 2.21. The molecule has 2 rings (SSSR count). The topological polar surface area (TPSA) is 54.9 Å². The third kappa shape index (κ3) is 3.60. The van der Waals surface area contributed by atoms with E-state index >= 15 is 0 Å². The summed E-state index contributed by atoms with van der Waals surface area (Å²) in [6, 6.07) is 6.24. The fourth-order valence-corrected chi connectivity index (χ4v) is 1.87. The third-order valence-electron chi connectivity index (χ3n) is 2.96. The minimum absolute atomic E-state index is 0.190. The van der Waals surface area contributed by atoms with Gasteiger partial charge in [-0.2, -0.15) is 0 Å². The SMILES string of the molecule is Cc1ncc(C(=O)NCCc2ccc(F)cc2)c(C)n1. The zero-order valence-corrected chi connectivity index (χ0v) is 11.5. The molecule has 1 N–H and O–H groups in total. The molecule has 1 aromatic heterocycles. The van der Waals surface area contributed by atoms with Gasteiger partial charge in [0.15, 0.2) is 0 Å². The van der Waals surface area contributed by atoms with E-state index in [-0.39, 0.29) is 11.7 Å². The quantitative estimate of drug-likeness (QED) is 0.929. The van der Waals surface area contributed by atoms with Crippen LogP contribution < -0.4 is 5.32 Å². The van der Waals surface area contributed by atoms with Crippen LogP contribution in [0.25, 0.3) is 0 Å². The van der Waals surface area contributed by atoms with E-state index < -0.39 is 0 Å². The summed E-state index contributed by atoms with van der Waals surface area (Å²) in [5, 5.41) is 2.81. The predicted molar refractivity (Wildman–Crippen MR) is 73.9 cm³/mol. The molecule has 0 spiro atoms. The number of hydrogen-bond donors (Lipinski definition) is 1. The van der Waals surface area contributed by atoms with E-state index in [4.69, 9.17) is 0 Å². The number of benzene rings is 1. The lowest BCUT2D eigenvalue weighted by Crippen LogP contribution is -2.27. The first-order valence-corrected chi connectivity index (χ1v) is 6.39. The maximum atomic E-state index is 12.8. The summed E-state index contributed by atoms with van der Waals surface area (Å²) in [5.74, 6) is 0.195. The van der Waals surface area contributed by atoms with Crippen molar-refractivity contribution >= 4 is 5.91 Å². The van der Waals surface area contributed by atoms with Crippen molar-refractivity contribution in [3.8, 4) is 0 Å². The van der Waals surface area contributed by atoms with Crippen LogP contribution in [0.15, 0.2) is 30.5 Å². The molecular formula is C15H16FN3O. The second-order valence-electron chi connectivity index (χ2n) is 4.55. The van der Waals surface area contributed by atoms with E-state index in [0.29, 0.717) is 30.0 Å². The lowest BCUT2D eigenvalue weighted by atomic mass is 10.1. The normalized spacial score (nSPS) is 10.3. The Bertz CT molecular complexity index is 611. The summed E-state index contributed by atoms with van der Waals surface area (Å²) in [6.45, 7) is 4.05. The van der Waals surface area contributed by atoms with Gasteiger partial charge >= 0.3 is 0 Å². The molecule has 0 saturated carbocycles. The maximum Gasteiger partial charge on any atom is 0.254 e. The van der Waals surface area contributed by atoms with Crippen molar-refractivity contribution in [2.75, 3.05) is 6.54 Å². The molecule has 0 fully saturated rings. The molecular weight excluding hydrogens is 257 g/mol. The highest BCUT2D eigenvalue weighted by atomic mass is 19.1. The number of carbonyl (C=O) groups excluding carboxylic acids is 1. The molecule has 0 aliphatic rings. The standard InChI is InChI=1S/C15H16FN3O/c1-10-14(9-18-11(2)19-10)15(20)17-8-7-12-3-5-13(16)6-4-12/h3-6,9H,7-8H2,1-2H3,(H,17,20). The largest absolute Gasteiger partial charge is 0.352 e. The number of aromatic nitrogens is 2. The number of aryl methyl sites for hydroxylation is 2. The van der Waals surface area contributed by atoms with Crippen molar-refractivity contribution in [3.05, 3.63) is 58.9 Å². The summed E-state index contributed by atoms with van der Waals surface area (Å²) in [7, 11) is 0. The van der Waals surface area contributed by atoms with E-state index in [1.165, 1.54) is 18.3 Å². The van der Waals surface area contributed by atoms with Crippen LogP contribution in [-0.2, 0) is 6.42 Å². The molecule has 2 aromatic rings. The monoisotopic (exact) mass is 273 g/mol. The van der Waals surface area contributed by atoms with E-state index in [2.05, 4.69) is 15.3 Å². The minimum Gasteiger partial charge on any atom is -0.352 e. The number of hydrogen-bond acceptors (Lipinski definition) is 3. The minimum atomic E-state index is -0.259. The Morgan fingerprint density at radius 2 is 1.95 bits per heavy atom. The van der Waals surface area contributed by atoms with E-state index in [0.717, 1.165) is 5.56 Å². The first kappa shape index (κ1) is 14.1. The van der Waals surface area contributed by atoms with Crippen LogP contribution in [0.5, 0.6) is 0 Å². The summed E-state index contributed by atoms with van der Waals surface area (Å²) >= 11 is 0. The molecule has 0 aliphatic carbocycles. The number of amides is 1. The Balaban J connectivity index is 1.90. The Morgan fingerprint density at radius 1 is 1.25 bits per heavy atom. The van der Waals surface area contributed by atoms with Gasteiger partial charge in [0.25, 0.3) is 5.91 Å². The molecule has 4 nitrogen and oxygen atoms in total. The van der Waals surface area contributed by atoms with Gasteiger partial charge in [0.2, 0.25) is 0 Å². The fourth-order valence-electron chi connectivity index (χ4n) is 1.87. The van der Waals surface area contributed by atoms with Gasteiger partial charge in [0.05, 0.1) is 11.3 Å². The van der Waals surface area contributed by atoms with Gasteiger partial charge in [-0.3, -0.25) is 4.79 Å². The molecule has 0 saturated heterocycles. The Hall–Kier alpha value is -2.30. The van der Waals surface area contributed by atoms with Gasteiger partial charge in [0.1, 0.15) is 11.6 Å². The van der Waals surface area contributed by atoms with Crippen molar-refractivity contribution in [1.82, 2.24) is 15.3 Å². The van der Waals surface area contributed by atoms with Crippen molar-refractivity contribution in [2.45, 2.75) is 20.3 Å². The number of rotatable bonds is 4. The van der Waals surface area contributed by atoms with Gasteiger partial charge < -0.3 is 5.32 Å². The van der Waals surface area contributed by atoms with Gasteiger partial charge in [-0.1, -0.05) is 12.1 Å². The van der Waals surface area contributed by atoms with Crippen molar-refractivity contribution < 1.29 is 9.18 Å². The zero-order valence-electron chi connectivity index (χ0n) is 11.5. The van der Waals surface area contributed by atoms with Crippen molar-refractivity contribution in [2.24, 2.45) is 0 Å². The summed E-state index contributed by atoms with van der Waals surface area (Å²) in [6.07, 6.45) is 2.18. The number of halogens is 1. The van der Waals surface area contributed by atoms with Crippen LogP contribution in [0.1, 0.15) is 27.4 Å². The molecule has 20 heavy (non-hydrogen) atoms. The summed E-state index contributed by atoms with van der Waals surface area (Å²) < 4.78 is 12.8. The van der Waals surface area contributed by atoms with Gasteiger partial charge in [-0.25, -0.2) is 14.4 Å². The zero-order chi connectivity index (χ0) is 14.5. The van der Waals surface area contributed by atoms with Crippen LogP contribution in [0.4, 0.5) is 4.39 Å². The second-order valence-corrected chi connectivity index (χ2v) is 4.55. The first-order chi connectivity index (χ1) is 9.56. The van der Waals surface area contributed by atoms with Crippen molar-refractivity contribution in [3.63, 3.8) is 0 Å². The van der Waals surface area contributed by atoms with E-state index in [1.807, 2.05) is 0 Å². The third-order valence-corrected chi connectivity index (χ3v) is 2.96. The second kappa shape index (κ2) is 6.23. The molecule has 104 valence electrons. The lowest BCUT2D eigenvalue weighted by Gasteiger charge is -2.07. The van der Waals surface area contributed by atoms with Gasteiger partial charge in [0, 0.05) is 12.7 Å². The number of carbonyl (C=O) groups is 1. The summed E-state index contributed by atoms with van der Waals surface area (Å²) in [5.41, 5.74) is 2.12. The van der Waals surface area contributed by atoms with Crippen LogP contribution in [0, 0.1) is 19.7 Å². The van der Waals surface area contributed by atoms with Crippen LogP contribution >= 0.6 is 0 Å². The first-order valence-electron chi connectivity index (χ1n) is 6.39. The van der Waals surface area contributed by atoms with Gasteiger partial charge in [-0.05, 0) is 38.0 Å². The molecule has 0 aliphatic heterocycles. The maximum absolute atomic E-state index is 12.8.